The topological polar surface area (TPSA) is 61.8 Å². The monoisotopic (exact) mass is 177 g/mol. The van der Waals surface area contributed by atoms with Gasteiger partial charge in [0, 0.05) is 5.75 Å². The van der Waals surface area contributed by atoms with Crippen LogP contribution < -0.4 is 0 Å². The number of aliphatic hydroxyl groups excluding tert-OH is 1. The zero-order chi connectivity index (χ0) is 8.10. The van der Waals surface area contributed by atoms with Crippen LogP contribution in [0.25, 0.3) is 0 Å². The van der Waals surface area contributed by atoms with E-state index < -0.39 is 12.8 Å². The molecule has 1 unspecified atom stereocenters. The Morgan fingerprint density at radius 1 is 1.82 bits per heavy atom. The largest absolute Gasteiger partial charge is 0.390 e. The van der Waals surface area contributed by atoms with Crippen LogP contribution in [0.5, 0.6) is 0 Å². The molecular formula is C5H8FN3OS. The lowest BCUT2D eigenvalue weighted by Crippen LogP contribution is -2.11. The average Bonchev–Trinajstić information content (AvgIpc) is 2.52. The molecule has 1 rings (SSSR count). The molecule has 0 aliphatic rings. The van der Waals surface area contributed by atoms with Crippen LogP contribution in [-0.2, 0) is 0 Å². The molecule has 1 aromatic heterocycles. The number of aromatic nitrogens is 3. The summed E-state index contributed by atoms with van der Waals surface area (Å²) in [6.07, 6.45) is 0.453. The van der Waals surface area contributed by atoms with Crippen molar-refractivity contribution >= 4 is 11.8 Å². The maximum atomic E-state index is 11.7. The van der Waals surface area contributed by atoms with E-state index in [1.807, 2.05) is 0 Å². The Balaban J connectivity index is 2.23. The molecule has 4 nitrogen and oxygen atoms in total. The molecule has 0 aromatic carbocycles. The summed E-state index contributed by atoms with van der Waals surface area (Å²) in [5.74, 6) is 0.297. The zero-order valence-electron chi connectivity index (χ0n) is 5.70. The minimum Gasteiger partial charge on any atom is -0.390 e. The van der Waals surface area contributed by atoms with Gasteiger partial charge in [0.2, 0.25) is 0 Å². The summed E-state index contributed by atoms with van der Waals surface area (Å²) in [6.45, 7) is -0.721. The van der Waals surface area contributed by atoms with Crippen LogP contribution >= 0.6 is 11.8 Å². The van der Waals surface area contributed by atoms with Crippen molar-refractivity contribution in [3.05, 3.63) is 6.33 Å². The summed E-state index contributed by atoms with van der Waals surface area (Å²) >= 11 is 1.24. The predicted octanol–water partition coefficient (Wildman–Crippen LogP) is 0.227. The van der Waals surface area contributed by atoms with Crippen molar-refractivity contribution in [2.45, 2.75) is 11.3 Å². The predicted molar refractivity (Wildman–Crippen MR) is 39.1 cm³/mol. The Morgan fingerprint density at radius 3 is 3.18 bits per heavy atom. The fourth-order valence-corrected chi connectivity index (χ4v) is 1.16. The molecule has 0 aliphatic carbocycles. The van der Waals surface area contributed by atoms with Gasteiger partial charge in [0.15, 0.2) is 5.16 Å². The summed E-state index contributed by atoms with van der Waals surface area (Å²) < 4.78 is 11.7. The lowest BCUT2D eigenvalue weighted by Gasteiger charge is -2.01. The Labute approximate surface area is 67.2 Å². The summed E-state index contributed by atoms with van der Waals surface area (Å²) in [6, 6.07) is 0. The average molecular weight is 177 g/mol. The van der Waals surface area contributed by atoms with Gasteiger partial charge in [-0.3, -0.25) is 5.10 Å². The van der Waals surface area contributed by atoms with Crippen molar-refractivity contribution in [2.24, 2.45) is 0 Å². The normalized spacial score (nSPS) is 13.3. The number of H-pyrrole nitrogens is 1. The number of halogens is 1. The molecule has 1 heterocycles. The molecule has 0 spiro atoms. The lowest BCUT2D eigenvalue weighted by atomic mass is 10.5. The van der Waals surface area contributed by atoms with E-state index in [-0.39, 0.29) is 0 Å². The number of aromatic amines is 1. The van der Waals surface area contributed by atoms with Gasteiger partial charge in [-0.15, -0.1) is 0 Å². The maximum absolute atomic E-state index is 11.7. The van der Waals surface area contributed by atoms with Crippen LogP contribution in [0, 0.1) is 0 Å². The van der Waals surface area contributed by atoms with Gasteiger partial charge in [-0.2, -0.15) is 5.10 Å². The van der Waals surface area contributed by atoms with Crippen LogP contribution in [0.15, 0.2) is 11.5 Å². The molecule has 6 heteroatoms. The van der Waals surface area contributed by atoms with Crippen molar-refractivity contribution < 1.29 is 9.50 Å². The molecule has 0 fully saturated rings. The molecule has 2 N–H and O–H groups in total. The van der Waals surface area contributed by atoms with Crippen LogP contribution in [0.2, 0.25) is 0 Å². The molecule has 0 saturated carbocycles. The highest BCUT2D eigenvalue weighted by Crippen LogP contribution is 2.11. The Morgan fingerprint density at radius 2 is 2.64 bits per heavy atom. The summed E-state index contributed by atoms with van der Waals surface area (Å²) in [5.41, 5.74) is 0. The van der Waals surface area contributed by atoms with Gasteiger partial charge >= 0.3 is 0 Å². The number of hydrogen-bond acceptors (Lipinski definition) is 4. The number of nitrogens with zero attached hydrogens (tertiary/aromatic N) is 2. The van der Waals surface area contributed by atoms with Crippen molar-refractivity contribution in [3.8, 4) is 0 Å². The summed E-state index contributed by atoms with van der Waals surface area (Å²) in [5, 5.41) is 15.6. The van der Waals surface area contributed by atoms with Gasteiger partial charge in [-0.25, -0.2) is 9.37 Å². The molecule has 0 saturated heterocycles. The molecule has 0 bridgehead atoms. The molecule has 1 atom stereocenters. The van der Waals surface area contributed by atoms with Crippen molar-refractivity contribution in [1.82, 2.24) is 15.2 Å². The second-order valence-corrected chi connectivity index (χ2v) is 2.92. The van der Waals surface area contributed by atoms with E-state index in [4.69, 9.17) is 5.11 Å². The molecule has 0 amide bonds. The number of nitrogens with one attached hydrogen (secondary N) is 1. The first kappa shape index (κ1) is 8.48. The number of aliphatic hydroxyl groups is 1. The number of rotatable bonds is 4. The minimum atomic E-state index is -0.912. The third-order valence-corrected chi connectivity index (χ3v) is 2.01. The highest BCUT2D eigenvalue weighted by Gasteiger charge is 2.04. The van der Waals surface area contributed by atoms with Gasteiger partial charge in [0.05, 0.1) is 6.10 Å². The van der Waals surface area contributed by atoms with E-state index in [1.165, 1.54) is 18.1 Å². The first-order chi connectivity index (χ1) is 5.33. The molecular weight excluding hydrogens is 169 g/mol. The molecule has 62 valence electrons. The highest BCUT2D eigenvalue weighted by molar-refractivity contribution is 7.99. The van der Waals surface area contributed by atoms with Crippen LogP contribution in [-0.4, -0.2) is 38.8 Å². The second kappa shape index (κ2) is 4.30. The first-order valence-electron chi connectivity index (χ1n) is 3.05. The van der Waals surface area contributed by atoms with Crippen molar-refractivity contribution in [2.75, 3.05) is 12.4 Å². The fourth-order valence-electron chi connectivity index (χ4n) is 0.483. The van der Waals surface area contributed by atoms with Gasteiger partial charge in [0.1, 0.15) is 13.0 Å². The molecule has 11 heavy (non-hydrogen) atoms. The van der Waals surface area contributed by atoms with E-state index >= 15 is 0 Å². The second-order valence-electron chi connectivity index (χ2n) is 1.91. The Kier molecular flexibility index (Phi) is 3.31. The van der Waals surface area contributed by atoms with Crippen LogP contribution in [0.4, 0.5) is 4.39 Å². The standard InChI is InChI=1S/C5H8FN3OS/c6-1-4(10)2-11-5-7-3-8-9-5/h3-4,10H,1-2H2,(H,7,8,9). The molecule has 0 radical (unpaired) electrons. The van der Waals surface area contributed by atoms with Gasteiger partial charge in [-0.05, 0) is 0 Å². The first-order valence-corrected chi connectivity index (χ1v) is 4.03. The molecule has 0 aliphatic heterocycles. The number of thioether (sulfide) groups is 1. The third-order valence-electron chi connectivity index (χ3n) is 0.983. The van der Waals surface area contributed by atoms with E-state index in [2.05, 4.69) is 15.2 Å². The number of hydrogen-bond donors (Lipinski definition) is 2. The molecule has 1 aromatic rings. The number of alkyl halides is 1. The maximum Gasteiger partial charge on any atom is 0.183 e. The van der Waals surface area contributed by atoms with E-state index in [0.717, 1.165) is 0 Å². The quantitative estimate of drug-likeness (QED) is 0.646. The summed E-state index contributed by atoms with van der Waals surface area (Å²) in [4.78, 5) is 3.79. The van der Waals surface area contributed by atoms with Crippen molar-refractivity contribution in [1.29, 1.82) is 0 Å². The van der Waals surface area contributed by atoms with E-state index in [0.29, 0.717) is 10.9 Å². The van der Waals surface area contributed by atoms with E-state index in [1.54, 1.807) is 0 Å². The zero-order valence-corrected chi connectivity index (χ0v) is 6.51. The smallest absolute Gasteiger partial charge is 0.183 e. The van der Waals surface area contributed by atoms with Gasteiger partial charge < -0.3 is 5.11 Å². The van der Waals surface area contributed by atoms with Crippen molar-refractivity contribution in [3.63, 3.8) is 0 Å². The van der Waals surface area contributed by atoms with Gasteiger partial charge in [-0.1, -0.05) is 11.8 Å². The highest BCUT2D eigenvalue weighted by atomic mass is 32.2. The Hall–Kier alpha value is -0.620. The van der Waals surface area contributed by atoms with E-state index in [9.17, 15) is 4.39 Å². The SMILES string of the molecule is OC(CF)CSc1ncn[nH]1. The Bertz CT molecular complexity index is 194. The minimum absolute atomic E-state index is 0.297. The lowest BCUT2D eigenvalue weighted by molar-refractivity contribution is 0.162. The third kappa shape index (κ3) is 2.85. The fraction of sp³-hybridized carbons (Fsp3) is 0.600. The summed E-state index contributed by atoms with van der Waals surface area (Å²) in [7, 11) is 0. The van der Waals surface area contributed by atoms with Gasteiger partial charge in [0.25, 0.3) is 0 Å². The van der Waals surface area contributed by atoms with Crippen LogP contribution in [0.3, 0.4) is 0 Å². The van der Waals surface area contributed by atoms with Crippen LogP contribution in [0.1, 0.15) is 0 Å².